The molecular weight excluding hydrogens is 220 g/mol. The second-order valence-corrected chi connectivity index (χ2v) is 4.92. The summed E-state index contributed by atoms with van der Waals surface area (Å²) in [5.74, 6) is 0.542. The van der Waals surface area contributed by atoms with E-state index in [-0.39, 0.29) is 0 Å². The van der Waals surface area contributed by atoms with Crippen molar-refractivity contribution in [3.8, 4) is 0 Å². The maximum Gasteiger partial charge on any atom is 0.324 e. The summed E-state index contributed by atoms with van der Waals surface area (Å²) in [4.78, 5) is 9.87. The summed E-state index contributed by atoms with van der Waals surface area (Å²) >= 11 is 0. The van der Waals surface area contributed by atoms with Crippen molar-refractivity contribution >= 4 is 27.3 Å². The molecule has 0 heterocycles. The van der Waals surface area contributed by atoms with Crippen LogP contribution in [0.5, 0.6) is 0 Å². The van der Waals surface area contributed by atoms with E-state index in [1.807, 2.05) is 0 Å². The lowest BCUT2D eigenvalue weighted by molar-refractivity contribution is 0.666. The Kier molecular flexibility index (Phi) is 1.87. The molecule has 0 saturated carbocycles. The first-order valence-electron chi connectivity index (χ1n) is 6.33. The average Bonchev–Trinajstić information content (AvgIpc) is 2.80. The molecule has 1 N–H and O–H groups in total. The first-order chi connectivity index (χ1) is 8.84. The zero-order chi connectivity index (χ0) is 12.1. The quantitative estimate of drug-likeness (QED) is 0.416. The molecule has 3 aromatic rings. The molecule has 0 fully saturated rings. The summed E-state index contributed by atoms with van der Waals surface area (Å²) in [6.45, 7) is 0. The van der Waals surface area contributed by atoms with E-state index in [2.05, 4.69) is 48.5 Å². The number of rotatable bonds is 0. The van der Waals surface area contributed by atoms with Gasteiger partial charge in [0.25, 0.3) is 0 Å². The van der Waals surface area contributed by atoms with E-state index >= 15 is 0 Å². The summed E-state index contributed by atoms with van der Waals surface area (Å²) in [6.07, 6.45) is 1.73. The van der Waals surface area contributed by atoms with Crippen LogP contribution in [0.1, 0.15) is 17.5 Å². The van der Waals surface area contributed by atoms with E-state index in [0.29, 0.717) is 5.78 Å². The topological polar surface area (TPSA) is 21.4 Å². The first kappa shape index (κ1) is 9.84. The van der Waals surface area contributed by atoms with Crippen LogP contribution in [-0.2, 0) is 6.42 Å². The normalized spacial score (nSPS) is 14.3. The van der Waals surface area contributed by atoms with E-state index < -0.39 is 0 Å². The van der Waals surface area contributed by atoms with Crippen molar-refractivity contribution in [1.82, 2.24) is 0 Å². The van der Waals surface area contributed by atoms with Crippen LogP contribution in [-0.4, -0.2) is 10.6 Å². The summed E-state index contributed by atoms with van der Waals surface area (Å²) in [6, 6.07) is 17.0. The molecule has 0 atom stereocenters. The molecule has 0 aliphatic heterocycles. The molecule has 18 heavy (non-hydrogen) atoms. The molecule has 0 amide bonds. The zero-order valence-corrected chi connectivity index (χ0v) is 9.98. The molecule has 1 aliphatic carbocycles. The van der Waals surface area contributed by atoms with Crippen LogP contribution in [0, 0.1) is 0 Å². The fourth-order valence-electron chi connectivity index (χ4n) is 3.07. The lowest BCUT2D eigenvalue weighted by atomic mass is 9.96. The molecule has 3 aromatic carbocycles. The van der Waals surface area contributed by atoms with Crippen LogP contribution in [0.15, 0.2) is 48.5 Å². The Bertz CT molecular complexity index is 799. The summed E-state index contributed by atoms with van der Waals surface area (Å²) < 4.78 is 0. The summed E-state index contributed by atoms with van der Waals surface area (Å²) in [5, 5.41) is 5.15. The first-order valence-corrected chi connectivity index (χ1v) is 6.33. The standard InChI is InChI=1S/C17H12O/c18-17-10-9-15-14-6-5-11-3-1-2-4-12(11)13(14)7-8-16(15)17/h1-8H,9-10H2/p+1. The van der Waals surface area contributed by atoms with E-state index in [1.54, 1.807) is 0 Å². The number of fused-ring (bicyclic) bond motifs is 5. The molecule has 0 aromatic heterocycles. The number of hydrogen-bond donors (Lipinski definition) is 0. The molecule has 0 bridgehead atoms. The van der Waals surface area contributed by atoms with Gasteiger partial charge in [0.1, 0.15) is 0 Å². The van der Waals surface area contributed by atoms with E-state index in [4.69, 9.17) is 0 Å². The highest BCUT2D eigenvalue weighted by Gasteiger charge is 2.26. The fourth-order valence-corrected chi connectivity index (χ4v) is 3.07. The van der Waals surface area contributed by atoms with Crippen molar-refractivity contribution in [2.24, 2.45) is 0 Å². The Morgan fingerprint density at radius 1 is 0.722 bits per heavy atom. The minimum Gasteiger partial charge on any atom is -0.278 e. The number of carbonyl (C=O) groups excluding carboxylic acids is 1. The zero-order valence-electron chi connectivity index (χ0n) is 9.98. The van der Waals surface area contributed by atoms with Gasteiger partial charge >= 0.3 is 5.78 Å². The van der Waals surface area contributed by atoms with Crippen LogP contribution in [0.4, 0.5) is 0 Å². The van der Waals surface area contributed by atoms with Gasteiger partial charge in [0, 0.05) is 0 Å². The number of ketones is 1. The van der Waals surface area contributed by atoms with Crippen molar-refractivity contribution in [2.75, 3.05) is 0 Å². The van der Waals surface area contributed by atoms with Gasteiger partial charge in [0.05, 0.1) is 12.0 Å². The molecule has 1 aliphatic rings. The Labute approximate surface area is 105 Å². The molecule has 1 heteroatoms. The van der Waals surface area contributed by atoms with Gasteiger partial charge in [-0.25, -0.2) is 0 Å². The molecular formula is C17H13O+. The maximum atomic E-state index is 9.87. The van der Waals surface area contributed by atoms with Gasteiger partial charge < -0.3 is 0 Å². The molecule has 0 saturated heterocycles. The number of hydrogen-bond acceptors (Lipinski definition) is 0. The summed E-state index contributed by atoms with van der Waals surface area (Å²) in [7, 11) is 0. The monoisotopic (exact) mass is 233 g/mol. The van der Waals surface area contributed by atoms with Gasteiger partial charge in [-0.3, -0.25) is 4.79 Å². The number of aryl methyl sites for hydroxylation is 1. The highest BCUT2D eigenvalue weighted by molar-refractivity contribution is 6.13. The molecule has 4 rings (SSSR count). The van der Waals surface area contributed by atoms with Crippen LogP contribution < -0.4 is 0 Å². The minimum atomic E-state index is 0.542. The van der Waals surface area contributed by atoms with Gasteiger partial charge in [-0.1, -0.05) is 42.5 Å². The predicted octanol–water partition coefficient (Wildman–Crippen LogP) is 3.83. The van der Waals surface area contributed by atoms with Crippen molar-refractivity contribution in [3.63, 3.8) is 0 Å². The van der Waals surface area contributed by atoms with Crippen molar-refractivity contribution in [3.05, 3.63) is 59.7 Å². The third kappa shape index (κ3) is 1.19. The van der Waals surface area contributed by atoms with E-state index in [1.165, 1.54) is 27.1 Å². The molecule has 1 nitrogen and oxygen atoms in total. The van der Waals surface area contributed by atoms with Gasteiger partial charge in [0.15, 0.2) is 0 Å². The average molecular weight is 233 g/mol. The minimum absolute atomic E-state index is 0.542. The van der Waals surface area contributed by atoms with E-state index in [0.717, 1.165) is 18.4 Å². The largest absolute Gasteiger partial charge is 0.324 e. The van der Waals surface area contributed by atoms with Gasteiger partial charge in [-0.05, 0) is 39.6 Å². The highest BCUT2D eigenvalue weighted by Crippen LogP contribution is 2.33. The van der Waals surface area contributed by atoms with Crippen LogP contribution in [0.2, 0.25) is 0 Å². The SMILES string of the molecule is [OH+]=C1CCc2c1ccc1c2ccc2ccccc21. The lowest BCUT2D eigenvalue weighted by Gasteiger charge is -2.07. The predicted molar refractivity (Wildman–Crippen MR) is 75.8 cm³/mol. The van der Waals surface area contributed by atoms with Crippen molar-refractivity contribution in [1.29, 1.82) is 0 Å². The van der Waals surface area contributed by atoms with E-state index in [9.17, 15) is 4.79 Å². The van der Waals surface area contributed by atoms with Crippen molar-refractivity contribution in [2.45, 2.75) is 12.8 Å². The lowest BCUT2D eigenvalue weighted by Crippen LogP contribution is -1.93. The molecule has 0 spiro atoms. The Hall–Kier alpha value is -2.15. The van der Waals surface area contributed by atoms with Gasteiger partial charge in [0.2, 0.25) is 0 Å². The smallest absolute Gasteiger partial charge is 0.278 e. The molecule has 0 unspecified atom stereocenters. The molecule has 0 radical (unpaired) electrons. The van der Waals surface area contributed by atoms with Gasteiger partial charge in [-0.15, -0.1) is 0 Å². The van der Waals surface area contributed by atoms with Crippen LogP contribution in [0.3, 0.4) is 0 Å². The number of benzene rings is 3. The fraction of sp³-hybridized carbons (Fsp3) is 0.118. The molecule has 86 valence electrons. The highest BCUT2D eigenvalue weighted by atomic mass is 16.1. The second-order valence-electron chi connectivity index (χ2n) is 4.92. The Morgan fingerprint density at radius 2 is 1.56 bits per heavy atom. The van der Waals surface area contributed by atoms with Gasteiger partial charge in [-0.2, -0.15) is 0 Å². The third-order valence-corrected chi connectivity index (χ3v) is 3.96. The third-order valence-electron chi connectivity index (χ3n) is 3.96. The van der Waals surface area contributed by atoms with Crippen LogP contribution in [0.25, 0.3) is 21.5 Å². The Morgan fingerprint density at radius 3 is 2.50 bits per heavy atom. The summed E-state index contributed by atoms with van der Waals surface area (Å²) in [5.41, 5.74) is 2.34. The van der Waals surface area contributed by atoms with Crippen LogP contribution >= 0.6 is 0 Å². The Balaban J connectivity index is 2.20. The van der Waals surface area contributed by atoms with Crippen molar-refractivity contribution < 1.29 is 4.79 Å². The maximum absolute atomic E-state index is 9.87. The second kappa shape index (κ2) is 3.42.